The molecule has 1 amide bonds. The molecule has 1 unspecified atom stereocenters. The average Bonchev–Trinajstić information content (AvgIpc) is 3.20. The number of amides is 1. The number of aryl methyl sites for hydroxylation is 1. The summed E-state index contributed by atoms with van der Waals surface area (Å²) in [6.07, 6.45) is 3.54. The van der Waals surface area contributed by atoms with Gasteiger partial charge in [0.25, 0.3) is 0 Å². The van der Waals surface area contributed by atoms with E-state index in [1.54, 1.807) is 17.2 Å². The Morgan fingerprint density at radius 3 is 2.61 bits per heavy atom. The fourth-order valence-electron chi connectivity index (χ4n) is 3.92. The first-order chi connectivity index (χ1) is 15.1. The van der Waals surface area contributed by atoms with Crippen molar-refractivity contribution >= 4 is 28.4 Å². The van der Waals surface area contributed by atoms with Gasteiger partial charge in [0.1, 0.15) is 12.1 Å². The Morgan fingerprint density at radius 2 is 1.90 bits per heavy atom. The molecule has 0 aliphatic carbocycles. The van der Waals surface area contributed by atoms with Gasteiger partial charge in [-0.3, -0.25) is 9.48 Å². The smallest absolute Gasteiger partial charge is 0.242 e. The van der Waals surface area contributed by atoms with Crippen LogP contribution >= 0.6 is 0 Å². The minimum Gasteiger partial charge on any atom is -0.391 e. The molecule has 164 valence electrons. The second-order valence-electron chi connectivity index (χ2n) is 7.85. The number of benzene rings is 1. The Labute approximate surface area is 181 Å². The third kappa shape index (κ3) is 4.61. The van der Waals surface area contributed by atoms with Gasteiger partial charge < -0.3 is 19.8 Å². The van der Waals surface area contributed by atoms with Crippen LogP contribution in [-0.2, 0) is 11.8 Å². The van der Waals surface area contributed by atoms with Crippen molar-refractivity contribution in [2.24, 2.45) is 7.05 Å². The number of hydrogen-bond acceptors (Lipinski definition) is 7. The van der Waals surface area contributed by atoms with E-state index in [-0.39, 0.29) is 12.5 Å². The molecule has 3 heterocycles. The van der Waals surface area contributed by atoms with Crippen LogP contribution in [0.15, 0.2) is 42.9 Å². The van der Waals surface area contributed by atoms with E-state index in [2.05, 4.69) is 20.0 Å². The van der Waals surface area contributed by atoms with Gasteiger partial charge in [-0.1, -0.05) is 25.1 Å². The lowest BCUT2D eigenvalue weighted by atomic mass is 10.2. The third-order valence-electron chi connectivity index (χ3n) is 5.79. The van der Waals surface area contributed by atoms with Gasteiger partial charge in [0.2, 0.25) is 5.91 Å². The number of aliphatic hydroxyl groups excluding tert-OH is 1. The predicted octanol–water partition coefficient (Wildman–Crippen LogP) is 1.29. The topological polar surface area (TPSA) is 90.6 Å². The number of hydrogen-bond donors (Lipinski definition) is 1. The van der Waals surface area contributed by atoms with E-state index in [4.69, 9.17) is 0 Å². The van der Waals surface area contributed by atoms with Crippen molar-refractivity contribution in [3.8, 4) is 0 Å². The summed E-state index contributed by atoms with van der Waals surface area (Å²) in [6.45, 7) is 5.30. The van der Waals surface area contributed by atoms with Crippen molar-refractivity contribution < 1.29 is 9.90 Å². The largest absolute Gasteiger partial charge is 0.391 e. The van der Waals surface area contributed by atoms with Crippen LogP contribution in [0.1, 0.15) is 13.3 Å². The van der Waals surface area contributed by atoms with Crippen LogP contribution in [0.4, 0.5) is 11.5 Å². The molecule has 1 fully saturated rings. The SMILES string of the molecule is CCC(O)CN(CC(=O)N1CCN(c2ncnc3c2cnn3C)CC1)c1ccccc1. The van der Waals surface area contributed by atoms with Crippen LogP contribution in [0.25, 0.3) is 11.0 Å². The summed E-state index contributed by atoms with van der Waals surface area (Å²) in [5, 5.41) is 15.4. The maximum absolute atomic E-state index is 13.1. The molecule has 2 aromatic heterocycles. The van der Waals surface area contributed by atoms with Crippen LogP contribution in [0.3, 0.4) is 0 Å². The summed E-state index contributed by atoms with van der Waals surface area (Å²) in [6, 6.07) is 9.80. The van der Waals surface area contributed by atoms with Crippen LogP contribution in [0, 0.1) is 0 Å². The molecule has 0 saturated carbocycles. The zero-order valence-electron chi connectivity index (χ0n) is 18.1. The summed E-state index contributed by atoms with van der Waals surface area (Å²) in [7, 11) is 1.86. The number of piperazine rings is 1. The molecule has 9 heteroatoms. The lowest BCUT2D eigenvalue weighted by Crippen LogP contribution is -2.52. The van der Waals surface area contributed by atoms with Gasteiger partial charge in [0.15, 0.2) is 5.65 Å². The molecule has 1 aromatic carbocycles. The Kier molecular flexibility index (Phi) is 6.31. The molecular formula is C22H29N7O2. The van der Waals surface area contributed by atoms with Gasteiger partial charge in [-0.05, 0) is 18.6 Å². The number of anilines is 2. The van der Waals surface area contributed by atoms with Gasteiger partial charge in [0, 0.05) is 45.5 Å². The van der Waals surface area contributed by atoms with E-state index in [0.717, 1.165) is 22.5 Å². The normalized spacial score (nSPS) is 15.3. The molecule has 0 spiro atoms. The van der Waals surface area contributed by atoms with Gasteiger partial charge in [-0.2, -0.15) is 5.10 Å². The maximum atomic E-state index is 13.1. The van der Waals surface area contributed by atoms with Gasteiger partial charge >= 0.3 is 0 Å². The number of carbonyl (C=O) groups is 1. The van der Waals surface area contributed by atoms with Crippen LogP contribution in [0.5, 0.6) is 0 Å². The molecule has 0 radical (unpaired) electrons. The lowest BCUT2D eigenvalue weighted by Gasteiger charge is -2.37. The first-order valence-electron chi connectivity index (χ1n) is 10.7. The Balaban J connectivity index is 1.41. The zero-order valence-corrected chi connectivity index (χ0v) is 18.1. The number of aliphatic hydroxyl groups is 1. The molecule has 1 N–H and O–H groups in total. The minimum absolute atomic E-state index is 0.0704. The number of rotatable bonds is 7. The standard InChI is InChI=1S/C22H29N7O2/c1-3-18(30)14-29(17-7-5-4-6-8-17)15-20(31)27-9-11-28(12-10-27)22-19-13-25-26(2)21(19)23-16-24-22/h4-8,13,16,18,30H,3,9-12,14-15H2,1-2H3. The predicted molar refractivity (Wildman–Crippen MR) is 120 cm³/mol. The van der Waals surface area contributed by atoms with E-state index in [9.17, 15) is 9.90 Å². The molecule has 9 nitrogen and oxygen atoms in total. The van der Waals surface area contributed by atoms with E-state index < -0.39 is 6.10 Å². The number of carbonyl (C=O) groups excluding carboxylic acids is 1. The average molecular weight is 424 g/mol. The third-order valence-corrected chi connectivity index (χ3v) is 5.79. The molecule has 4 rings (SSSR count). The van der Waals surface area contributed by atoms with Crippen LogP contribution < -0.4 is 9.80 Å². The molecule has 1 saturated heterocycles. The number of fused-ring (bicyclic) bond motifs is 1. The summed E-state index contributed by atoms with van der Waals surface area (Å²) in [5.74, 6) is 0.934. The number of para-hydroxylation sites is 1. The molecule has 1 aliphatic heterocycles. The fourth-order valence-corrected chi connectivity index (χ4v) is 3.92. The quantitative estimate of drug-likeness (QED) is 0.612. The summed E-state index contributed by atoms with van der Waals surface area (Å²) in [4.78, 5) is 27.9. The highest BCUT2D eigenvalue weighted by atomic mass is 16.3. The Morgan fingerprint density at radius 1 is 1.16 bits per heavy atom. The zero-order chi connectivity index (χ0) is 21.8. The summed E-state index contributed by atoms with van der Waals surface area (Å²) in [5.41, 5.74) is 1.75. The maximum Gasteiger partial charge on any atom is 0.242 e. The van der Waals surface area contributed by atoms with Crippen molar-refractivity contribution in [1.82, 2.24) is 24.6 Å². The molecule has 1 atom stereocenters. The summed E-state index contributed by atoms with van der Waals surface area (Å²) >= 11 is 0. The molecular weight excluding hydrogens is 394 g/mol. The highest BCUT2D eigenvalue weighted by molar-refractivity contribution is 5.87. The number of nitrogens with zero attached hydrogens (tertiary/aromatic N) is 7. The second-order valence-corrected chi connectivity index (χ2v) is 7.85. The van der Waals surface area contributed by atoms with Crippen molar-refractivity contribution in [3.63, 3.8) is 0 Å². The molecule has 0 bridgehead atoms. The van der Waals surface area contributed by atoms with Gasteiger partial charge in [-0.15, -0.1) is 0 Å². The van der Waals surface area contributed by atoms with E-state index in [0.29, 0.717) is 39.1 Å². The van der Waals surface area contributed by atoms with E-state index >= 15 is 0 Å². The highest BCUT2D eigenvalue weighted by Crippen LogP contribution is 2.23. The lowest BCUT2D eigenvalue weighted by molar-refractivity contribution is -0.130. The first kappa shape index (κ1) is 21.0. The molecule has 3 aromatic rings. The Bertz CT molecular complexity index is 1020. The van der Waals surface area contributed by atoms with Crippen molar-refractivity contribution in [1.29, 1.82) is 0 Å². The van der Waals surface area contributed by atoms with Crippen LogP contribution in [-0.4, -0.2) is 81.0 Å². The highest BCUT2D eigenvalue weighted by Gasteiger charge is 2.25. The minimum atomic E-state index is -0.468. The van der Waals surface area contributed by atoms with Crippen molar-refractivity contribution in [3.05, 3.63) is 42.9 Å². The number of aromatic nitrogens is 4. The van der Waals surface area contributed by atoms with Crippen molar-refractivity contribution in [2.45, 2.75) is 19.4 Å². The van der Waals surface area contributed by atoms with Gasteiger partial charge in [0.05, 0.1) is 24.2 Å². The molecule has 31 heavy (non-hydrogen) atoms. The van der Waals surface area contributed by atoms with E-state index in [1.165, 1.54) is 0 Å². The first-order valence-corrected chi connectivity index (χ1v) is 10.7. The summed E-state index contributed by atoms with van der Waals surface area (Å²) < 4.78 is 1.74. The van der Waals surface area contributed by atoms with E-state index in [1.807, 2.05) is 54.1 Å². The van der Waals surface area contributed by atoms with Crippen molar-refractivity contribution in [2.75, 3.05) is 49.1 Å². The Hall–Kier alpha value is -3.20. The van der Waals surface area contributed by atoms with Crippen LogP contribution in [0.2, 0.25) is 0 Å². The van der Waals surface area contributed by atoms with Gasteiger partial charge in [-0.25, -0.2) is 9.97 Å². The monoisotopic (exact) mass is 423 g/mol. The second kappa shape index (κ2) is 9.30. The fraction of sp³-hybridized carbons (Fsp3) is 0.455. The molecule has 1 aliphatic rings.